The molecule has 1 heterocycles. The summed E-state index contributed by atoms with van der Waals surface area (Å²) in [7, 11) is 1.54. The summed E-state index contributed by atoms with van der Waals surface area (Å²) in [5.41, 5.74) is 0.548. The first-order valence-corrected chi connectivity index (χ1v) is 10.6. The minimum atomic E-state index is -0.350. The third kappa shape index (κ3) is 5.62. The summed E-state index contributed by atoms with van der Waals surface area (Å²) >= 11 is 11.0. The fourth-order valence-corrected chi connectivity index (χ4v) is 3.76. The molecule has 9 heteroatoms. The SMILES string of the molecule is C=CCN1CN=C(Sc2ccc(Br)cc2)N=C1C(=O)Nc1ccc(OC)c(Cl)c1. The van der Waals surface area contributed by atoms with Crippen LogP contribution in [-0.4, -0.2) is 42.1 Å². The first-order chi connectivity index (χ1) is 14.0. The van der Waals surface area contributed by atoms with E-state index in [9.17, 15) is 4.79 Å². The topological polar surface area (TPSA) is 66.3 Å². The van der Waals surface area contributed by atoms with E-state index in [1.807, 2.05) is 24.3 Å². The molecule has 0 atom stereocenters. The Morgan fingerprint density at radius 2 is 2.14 bits per heavy atom. The molecule has 29 heavy (non-hydrogen) atoms. The van der Waals surface area contributed by atoms with Crippen LogP contribution in [0.5, 0.6) is 5.75 Å². The summed E-state index contributed by atoms with van der Waals surface area (Å²) < 4.78 is 6.13. The number of anilines is 1. The largest absolute Gasteiger partial charge is 0.495 e. The van der Waals surface area contributed by atoms with Gasteiger partial charge in [-0.15, -0.1) is 6.58 Å². The molecule has 1 amide bonds. The van der Waals surface area contributed by atoms with Crippen LogP contribution in [0.2, 0.25) is 5.02 Å². The number of thioether (sulfide) groups is 1. The molecular weight excluding hydrogens is 476 g/mol. The predicted octanol–water partition coefficient (Wildman–Crippen LogP) is 5.06. The number of nitrogens with zero attached hydrogens (tertiary/aromatic N) is 3. The van der Waals surface area contributed by atoms with E-state index in [0.717, 1.165) is 9.37 Å². The Hall–Kier alpha value is -2.29. The Kier molecular flexibility index (Phi) is 7.35. The number of hydrogen-bond acceptors (Lipinski definition) is 6. The number of halogens is 2. The van der Waals surface area contributed by atoms with Crippen molar-refractivity contribution in [3.63, 3.8) is 0 Å². The number of amides is 1. The number of hydrogen-bond donors (Lipinski definition) is 1. The van der Waals surface area contributed by atoms with Gasteiger partial charge in [0.05, 0.1) is 12.1 Å². The van der Waals surface area contributed by atoms with Gasteiger partial charge < -0.3 is 15.0 Å². The number of aliphatic imine (C=N–C) groups is 2. The van der Waals surface area contributed by atoms with Crippen molar-refractivity contribution in [1.82, 2.24) is 4.90 Å². The molecule has 1 aliphatic rings. The van der Waals surface area contributed by atoms with E-state index in [-0.39, 0.29) is 11.7 Å². The van der Waals surface area contributed by atoms with E-state index in [0.29, 0.717) is 34.8 Å². The maximum Gasteiger partial charge on any atom is 0.291 e. The van der Waals surface area contributed by atoms with Gasteiger partial charge in [0.1, 0.15) is 12.4 Å². The lowest BCUT2D eigenvalue weighted by molar-refractivity contribution is -0.111. The van der Waals surface area contributed by atoms with Crippen LogP contribution in [0, 0.1) is 0 Å². The summed E-state index contributed by atoms with van der Waals surface area (Å²) in [5, 5.41) is 3.76. The van der Waals surface area contributed by atoms with Gasteiger partial charge in [-0.2, -0.15) is 4.99 Å². The number of ether oxygens (including phenoxy) is 1. The van der Waals surface area contributed by atoms with Crippen molar-refractivity contribution in [2.75, 3.05) is 25.6 Å². The highest BCUT2D eigenvalue weighted by Gasteiger charge is 2.23. The van der Waals surface area contributed by atoms with E-state index in [2.05, 4.69) is 37.8 Å². The Morgan fingerprint density at radius 3 is 2.79 bits per heavy atom. The zero-order valence-corrected chi connectivity index (χ0v) is 18.7. The number of amidine groups is 2. The molecular formula is C20H18BrClN4O2S. The molecule has 6 nitrogen and oxygen atoms in total. The van der Waals surface area contributed by atoms with Crippen molar-refractivity contribution >= 4 is 61.9 Å². The van der Waals surface area contributed by atoms with Gasteiger partial charge in [-0.25, -0.2) is 4.99 Å². The summed E-state index contributed by atoms with van der Waals surface area (Å²) in [6.07, 6.45) is 1.70. The Balaban J connectivity index is 1.79. The highest BCUT2D eigenvalue weighted by Crippen LogP contribution is 2.28. The van der Waals surface area contributed by atoms with E-state index in [4.69, 9.17) is 16.3 Å². The van der Waals surface area contributed by atoms with E-state index in [1.54, 1.807) is 29.2 Å². The molecule has 0 fully saturated rings. The molecule has 2 aromatic carbocycles. The van der Waals surface area contributed by atoms with Crippen molar-refractivity contribution in [2.45, 2.75) is 4.90 Å². The van der Waals surface area contributed by atoms with E-state index < -0.39 is 0 Å². The van der Waals surface area contributed by atoms with Gasteiger partial charge >= 0.3 is 0 Å². The molecule has 0 bridgehead atoms. The molecule has 0 aromatic heterocycles. The molecule has 0 aliphatic carbocycles. The van der Waals surface area contributed by atoms with E-state index >= 15 is 0 Å². The fourth-order valence-electron chi connectivity index (χ4n) is 2.50. The lowest BCUT2D eigenvalue weighted by Gasteiger charge is -2.25. The lowest BCUT2D eigenvalue weighted by Crippen LogP contribution is -2.42. The highest BCUT2D eigenvalue weighted by atomic mass is 79.9. The van der Waals surface area contributed by atoms with E-state index in [1.165, 1.54) is 18.9 Å². The smallest absolute Gasteiger partial charge is 0.291 e. The summed E-state index contributed by atoms with van der Waals surface area (Å²) in [4.78, 5) is 24.6. The van der Waals surface area contributed by atoms with Crippen molar-refractivity contribution in [3.8, 4) is 5.75 Å². The third-order valence-electron chi connectivity index (χ3n) is 3.86. The lowest BCUT2D eigenvalue weighted by atomic mass is 10.3. The molecule has 0 saturated heterocycles. The van der Waals surface area contributed by atoms with Crippen LogP contribution in [-0.2, 0) is 4.79 Å². The summed E-state index contributed by atoms with van der Waals surface area (Å²) in [6.45, 7) is 4.51. The van der Waals surface area contributed by atoms with Crippen LogP contribution in [0.4, 0.5) is 5.69 Å². The second-order valence-corrected chi connectivity index (χ2v) is 8.25. The van der Waals surface area contributed by atoms with Gasteiger partial charge in [0.25, 0.3) is 5.91 Å². The van der Waals surface area contributed by atoms with Crippen LogP contribution < -0.4 is 10.1 Å². The van der Waals surface area contributed by atoms with Gasteiger partial charge in [0.15, 0.2) is 11.0 Å². The minimum absolute atomic E-state index is 0.270. The quantitative estimate of drug-likeness (QED) is 0.572. The van der Waals surface area contributed by atoms with Crippen LogP contribution in [0.15, 0.2) is 74.5 Å². The van der Waals surface area contributed by atoms with Gasteiger partial charge in [0, 0.05) is 21.6 Å². The molecule has 0 saturated carbocycles. The molecule has 0 radical (unpaired) electrons. The maximum atomic E-state index is 12.9. The Labute approximate surface area is 186 Å². The van der Waals surface area contributed by atoms with Crippen molar-refractivity contribution < 1.29 is 9.53 Å². The highest BCUT2D eigenvalue weighted by molar-refractivity contribution is 9.10. The molecule has 150 valence electrons. The number of carbonyl (C=O) groups excluding carboxylic acids is 1. The molecule has 1 N–H and O–H groups in total. The second-order valence-electron chi connectivity index (χ2n) is 5.89. The Morgan fingerprint density at radius 1 is 1.38 bits per heavy atom. The first kappa shape index (κ1) is 21.4. The van der Waals surface area contributed by atoms with Crippen molar-refractivity contribution in [3.05, 3.63) is 64.6 Å². The summed E-state index contributed by atoms with van der Waals surface area (Å²) in [6, 6.07) is 12.9. The van der Waals surface area contributed by atoms with Gasteiger partial charge in [-0.1, -0.05) is 45.4 Å². The maximum absolute atomic E-state index is 12.9. The van der Waals surface area contributed by atoms with Crippen LogP contribution in [0.3, 0.4) is 0 Å². The number of rotatable bonds is 6. The monoisotopic (exact) mass is 492 g/mol. The molecule has 1 aliphatic heterocycles. The zero-order valence-electron chi connectivity index (χ0n) is 15.6. The molecule has 2 aromatic rings. The number of carbonyl (C=O) groups is 1. The number of methoxy groups -OCH3 is 1. The number of nitrogens with one attached hydrogen (secondary N) is 1. The van der Waals surface area contributed by atoms with Crippen LogP contribution >= 0.6 is 39.3 Å². The standard InChI is InChI=1S/C20H18BrClN4O2S/c1-3-10-26-12-23-20(29-15-7-4-13(21)5-8-15)25-18(26)19(27)24-14-6-9-17(28-2)16(22)11-14/h3-9,11H,1,10,12H2,2H3,(H,24,27). The molecule has 0 spiro atoms. The average Bonchev–Trinajstić information content (AvgIpc) is 2.71. The van der Waals surface area contributed by atoms with Gasteiger partial charge in [-0.3, -0.25) is 4.79 Å². The minimum Gasteiger partial charge on any atom is -0.495 e. The van der Waals surface area contributed by atoms with Gasteiger partial charge in [-0.05, 0) is 42.5 Å². The van der Waals surface area contributed by atoms with Crippen LogP contribution in [0.1, 0.15) is 0 Å². The molecule has 0 unspecified atom stereocenters. The second kappa shape index (κ2) is 9.96. The summed E-state index contributed by atoms with van der Waals surface area (Å²) in [5.74, 6) is 0.455. The third-order valence-corrected chi connectivity index (χ3v) is 5.60. The fraction of sp³-hybridized carbons (Fsp3) is 0.150. The number of benzene rings is 2. The normalized spacial score (nSPS) is 13.4. The van der Waals surface area contributed by atoms with Gasteiger partial charge in [0.2, 0.25) is 0 Å². The average molecular weight is 494 g/mol. The van der Waals surface area contributed by atoms with Crippen molar-refractivity contribution in [2.24, 2.45) is 9.98 Å². The zero-order chi connectivity index (χ0) is 20.8. The molecule has 3 rings (SSSR count). The van der Waals surface area contributed by atoms with Crippen LogP contribution in [0.25, 0.3) is 0 Å². The Bertz CT molecular complexity index is 979. The van der Waals surface area contributed by atoms with Crippen molar-refractivity contribution in [1.29, 1.82) is 0 Å². The predicted molar refractivity (Wildman–Crippen MR) is 123 cm³/mol. The first-order valence-electron chi connectivity index (χ1n) is 8.57.